The second-order valence-corrected chi connectivity index (χ2v) is 3.52. The molecule has 0 saturated carbocycles. The molecule has 0 radical (unpaired) electrons. The van der Waals surface area contributed by atoms with Crippen LogP contribution in [-0.4, -0.2) is 24.7 Å². The van der Waals surface area contributed by atoms with Crippen molar-refractivity contribution in [1.82, 2.24) is 10.4 Å². The van der Waals surface area contributed by atoms with Crippen molar-refractivity contribution in [2.45, 2.75) is 25.3 Å². The van der Waals surface area contributed by atoms with Crippen molar-refractivity contribution in [2.75, 3.05) is 13.7 Å². The number of ether oxygens (including phenoxy) is 1. The molecule has 1 atom stereocenters. The van der Waals surface area contributed by atoms with E-state index in [1.54, 1.807) is 13.3 Å². The molecule has 0 saturated heterocycles. The summed E-state index contributed by atoms with van der Waals surface area (Å²) in [4.78, 5) is 4.27. The van der Waals surface area contributed by atoms with E-state index in [9.17, 15) is 0 Å². The standard InChI is InChI=1S/C11H19N3O/c1-15-8-4-6-11(14-12)9-10-5-2-3-7-13-10/h2-3,5,7,11,14H,4,6,8-9,12H2,1H3. The van der Waals surface area contributed by atoms with Gasteiger partial charge in [-0.25, -0.2) is 0 Å². The number of aromatic nitrogens is 1. The van der Waals surface area contributed by atoms with Crippen molar-refractivity contribution in [3.63, 3.8) is 0 Å². The van der Waals surface area contributed by atoms with Gasteiger partial charge >= 0.3 is 0 Å². The number of pyridine rings is 1. The minimum Gasteiger partial charge on any atom is -0.385 e. The highest BCUT2D eigenvalue weighted by Crippen LogP contribution is 2.04. The first-order chi connectivity index (χ1) is 7.36. The monoisotopic (exact) mass is 209 g/mol. The molecular formula is C11H19N3O. The lowest BCUT2D eigenvalue weighted by molar-refractivity contribution is 0.188. The van der Waals surface area contributed by atoms with Gasteiger partial charge in [0.25, 0.3) is 0 Å². The molecular weight excluding hydrogens is 190 g/mol. The minimum absolute atomic E-state index is 0.273. The lowest BCUT2D eigenvalue weighted by atomic mass is 10.1. The maximum absolute atomic E-state index is 5.48. The highest BCUT2D eigenvalue weighted by Gasteiger charge is 2.07. The second kappa shape index (κ2) is 7.34. The number of methoxy groups -OCH3 is 1. The van der Waals surface area contributed by atoms with Crippen LogP contribution in [0.2, 0.25) is 0 Å². The van der Waals surface area contributed by atoms with Crippen LogP contribution in [0.5, 0.6) is 0 Å². The molecule has 1 aromatic rings. The number of nitrogens with two attached hydrogens (primary N) is 1. The Hall–Kier alpha value is -0.970. The summed E-state index contributed by atoms with van der Waals surface area (Å²) in [5.41, 5.74) is 3.88. The topological polar surface area (TPSA) is 60.2 Å². The zero-order valence-corrected chi connectivity index (χ0v) is 9.15. The maximum atomic E-state index is 5.48. The number of nitrogens with zero attached hydrogens (tertiary/aromatic N) is 1. The summed E-state index contributed by atoms with van der Waals surface area (Å²) in [7, 11) is 1.71. The van der Waals surface area contributed by atoms with E-state index >= 15 is 0 Å². The van der Waals surface area contributed by atoms with Gasteiger partial charge in [0, 0.05) is 38.1 Å². The van der Waals surface area contributed by atoms with Crippen LogP contribution < -0.4 is 11.3 Å². The van der Waals surface area contributed by atoms with Gasteiger partial charge in [-0.3, -0.25) is 16.3 Å². The Morgan fingerprint density at radius 2 is 2.40 bits per heavy atom. The first-order valence-electron chi connectivity index (χ1n) is 5.21. The molecule has 1 unspecified atom stereocenters. The van der Waals surface area contributed by atoms with Gasteiger partial charge in [-0.1, -0.05) is 6.07 Å². The first kappa shape index (κ1) is 12.1. The van der Waals surface area contributed by atoms with Gasteiger partial charge in [0.15, 0.2) is 0 Å². The summed E-state index contributed by atoms with van der Waals surface area (Å²) in [6.07, 6.45) is 4.68. The van der Waals surface area contributed by atoms with Crippen molar-refractivity contribution in [1.29, 1.82) is 0 Å². The SMILES string of the molecule is COCCCC(Cc1ccccn1)NN. The summed E-state index contributed by atoms with van der Waals surface area (Å²) >= 11 is 0. The lowest BCUT2D eigenvalue weighted by Crippen LogP contribution is -2.37. The Balaban J connectivity index is 2.33. The van der Waals surface area contributed by atoms with Crippen LogP contribution in [-0.2, 0) is 11.2 Å². The van der Waals surface area contributed by atoms with Crippen molar-refractivity contribution in [2.24, 2.45) is 5.84 Å². The smallest absolute Gasteiger partial charge is 0.0462 e. The average molecular weight is 209 g/mol. The van der Waals surface area contributed by atoms with Crippen LogP contribution in [0.4, 0.5) is 0 Å². The van der Waals surface area contributed by atoms with E-state index in [1.807, 2.05) is 18.2 Å². The molecule has 1 heterocycles. The van der Waals surface area contributed by atoms with Gasteiger partial charge in [0.2, 0.25) is 0 Å². The number of hydrogen-bond acceptors (Lipinski definition) is 4. The zero-order chi connectivity index (χ0) is 10.9. The summed E-state index contributed by atoms with van der Waals surface area (Å²) in [6, 6.07) is 6.19. The molecule has 0 aliphatic rings. The molecule has 84 valence electrons. The predicted molar refractivity (Wildman–Crippen MR) is 60.2 cm³/mol. The highest BCUT2D eigenvalue weighted by atomic mass is 16.5. The predicted octanol–water partition coefficient (Wildman–Crippen LogP) is 0.883. The van der Waals surface area contributed by atoms with Crippen molar-refractivity contribution in [3.05, 3.63) is 30.1 Å². The first-order valence-corrected chi connectivity index (χ1v) is 5.21. The van der Waals surface area contributed by atoms with Gasteiger partial charge in [-0.2, -0.15) is 0 Å². The number of hydrogen-bond donors (Lipinski definition) is 2. The Morgan fingerprint density at radius 1 is 1.53 bits per heavy atom. The van der Waals surface area contributed by atoms with Gasteiger partial charge in [-0.15, -0.1) is 0 Å². The van der Waals surface area contributed by atoms with Gasteiger partial charge < -0.3 is 4.74 Å². The van der Waals surface area contributed by atoms with Gasteiger partial charge in [-0.05, 0) is 25.0 Å². The molecule has 0 aliphatic heterocycles. The molecule has 15 heavy (non-hydrogen) atoms. The molecule has 1 aromatic heterocycles. The van der Waals surface area contributed by atoms with Crippen LogP contribution in [0.25, 0.3) is 0 Å². The van der Waals surface area contributed by atoms with Crippen LogP contribution in [0.1, 0.15) is 18.5 Å². The molecule has 1 rings (SSSR count). The van der Waals surface area contributed by atoms with E-state index in [0.717, 1.165) is 31.6 Å². The molecule has 0 bridgehead atoms. The largest absolute Gasteiger partial charge is 0.385 e. The van der Waals surface area contributed by atoms with E-state index in [-0.39, 0.29) is 6.04 Å². The van der Waals surface area contributed by atoms with E-state index in [0.29, 0.717) is 0 Å². The van der Waals surface area contributed by atoms with E-state index in [1.165, 1.54) is 0 Å². The fraction of sp³-hybridized carbons (Fsp3) is 0.545. The third-order valence-corrected chi connectivity index (χ3v) is 2.32. The van der Waals surface area contributed by atoms with Gasteiger partial charge in [0.05, 0.1) is 0 Å². The fourth-order valence-electron chi connectivity index (χ4n) is 1.49. The average Bonchev–Trinajstić information content (AvgIpc) is 2.29. The van der Waals surface area contributed by atoms with E-state index in [2.05, 4.69) is 10.4 Å². The van der Waals surface area contributed by atoms with Crippen molar-refractivity contribution >= 4 is 0 Å². The number of nitrogens with one attached hydrogen (secondary N) is 1. The lowest BCUT2D eigenvalue weighted by Gasteiger charge is -2.14. The Kier molecular flexibility index (Phi) is 5.92. The van der Waals surface area contributed by atoms with Crippen LogP contribution in [0.15, 0.2) is 24.4 Å². The molecule has 4 heteroatoms. The number of hydrazine groups is 1. The van der Waals surface area contributed by atoms with Crippen LogP contribution in [0, 0.1) is 0 Å². The van der Waals surface area contributed by atoms with Crippen molar-refractivity contribution < 1.29 is 4.74 Å². The fourth-order valence-corrected chi connectivity index (χ4v) is 1.49. The molecule has 3 N–H and O–H groups in total. The summed E-state index contributed by atoms with van der Waals surface area (Å²) in [6.45, 7) is 0.778. The quantitative estimate of drug-likeness (QED) is 0.397. The molecule has 0 fully saturated rings. The third kappa shape index (κ3) is 4.88. The summed E-state index contributed by atoms with van der Waals surface area (Å²) in [5, 5.41) is 0. The van der Waals surface area contributed by atoms with Crippen LogP contribution >= 0.6 is 0 Å². The van der Waals surface area contributed by atoms with Crippen molar-refractivity contribution in [3.8, 4) is 0 Å². The minimum atomic E-state index is 0.273. The summed E-state index contributed by atoms with van der Waals surface area (Å²) < 4.78 is 5.00. The Labute approximate surface area is 90.8 Å². The molecule has 0 aromatic carbocycles. The summed E-state index contributed by atoms with van der Waals surface area (Å²) in [5.74, 6) is 5.48. The Bertz CT molecular complexity index is 253. The highest BCUT2D eigenvalue weighted by molar-refractivity contribution is 5.05. The van der Waals surface area contributed by atoms with E-state index in [4.69, 9.17) is 10.6 Å². The maximum Gasteiger partial charge on any atom is 0.0462 e. The second-order valence-electron chi connectivity index (χ2n) is 3.52. The van der Waals surface area contributed by atoms with Crippen LogP contribution in [0.3, 0.4) is 0 Å². The normalized spacial score (nSPS) is 12.7. The Morgan fingerprint density at radius 3 is 3.00 bits per heavy atom. The molecule has 0 aliphatic carbocycles. The zero-order valence-electron chi connectivity index (χ0n) is 9.15. The van der Waals surface area contributed by atoms with Gasteiger partial charge in [0.1, 0.15) is 0 Å². The van der Waals surface area contributed by atoms with E-state index < -0.39 is 0 Å². The molecule has 0 amide bonds. The molecule has 0 spiro atoms. The number of rotatable bonds is 7. The molecule has 4 nitrogen and oxygen atoms in total. The third-order valence-electron chi connectivity index (χ3n) is 2.32.